The number of hydrogen-bond acceptors (Lipinski definition) is 5. The molecule has 0 spiro atoms. The first-order valence-corrected chi connectivity index (χ1v) is 5.00. The summed E-state index contributed by atoms with van der Waals surface area (Å²) in [7, 11) is 0. The Morgan fingerprint density at radius 1 is 1.57 bits per heavy atom. The standard InChI is InChI=1S/C9H15N3O2/c13-6-8-3-1-2-4-12(8)5-9-10-7-11-14-9/h7-8,13H,1-6H2. The van der Waals surface area contributed by atoms with Gasteiger partial charge in [-0.3, -0.25) is 4.90 Å². The molecular formula is C9H15N3O2. The number of hydrogen-bond donors (Lipinski definition) is 1. The second kappa shape index (κ2) is 4.52. The van der Waals surface area contributed by atoms with E-state index in [1.807, 2.05) is 0 Å². The summed E-state index contributed by atoms with van der Waals surface area (Å²) in [6.07, 6.45) is 4.86. The van der Waals surface area contributed by atoms with Crippen LogP contribution in [0.1, 0.15) is 25.2 Å². The lowest BCUT2D eigenvalue weighted by molar-refractivity contribution is 0.0749. The predicted molar refractivity (Wildman–Crippen MR) is 49.4 cm³/mol. The van der Waals surface area contributed by atoms with E-state index >= 15 is 0 Å². The van der Waals surface area contributed by atoms with Crippen molar-refractivity contribution in [2.45, 2.75) is 31.8 Å². The van der Waals surface area contributed by atoms with E-state index in [9.17, 15) is 5.11 Å². The Labute approximate surface area is 82.7 Å². The minimum Gasteiger partial charge on any atom is -0.395 e. The van der Waals surface area contributed by atoms with E-state index in [0.717, 1.165) is 13.0 Å². The zero-order valence-corrected chi connectivity index (χ0v) is 8.09. The molecule has 2 heterocycles. The number of rotatable bonds is 3. The summed E-state index contributed by atoms with van der Waals surface area (Å²) in [5.74, 6) is 0.630. The van der Waals surface area contributed by atoms with E-state index in [4.69, 9.17) is 4.52 Å². The van der Waals surface area contributed by atoms with Crippen molar-refractivity contribution in [3.8, 4) is 0 Å². The highest BCUT2D eigenvalue weighted by molar-refractivity contribution is 4.81. The lowest BCUT2D eigenvalue weighted by Gasteiger charge is -2.33. The molecule has 1 saturated heterocycles. The average Bonchev–Trinajstić information content (AvgIpc) is 2.71. The molecule has 5 nitrogen and oxygen atoms in total. The summed E-state index contributed by atoms with van der Waals surface area (Å²) in [6, 6.07) is 0.260. The summed E-state index contributed by atoms with van der Waals surface area (Å²) < 4.78 is 4.94. The average molecular weight is 197 g/mol. The van der Waals surface area contributed by atoms with Crippen LogP contribution in [0, 0.1) is 0 Å². The molecule has 1 aromatic heterocycles. The van der Waals surface area contributed by atoms with E-state index in [1.54, 1.807) is 0 Å². The normalized spacial score (nSPS) is 23.9. The Kier molecular flexibility index (Phi) is 3.10. The van der Waals surface area contributed by atoms with Gasteiger partial charge in [-0.1, -0.05) is 11.6 Å². The molecule has 1 aliphatic rings. The number of aliphatic hydroxyl groups excluding tert-OH is 1. The molecule has 5 heteroatoms. The van der Waals surface area contributed by atoms with Gasteiger partial charge in [-0.25, -0.2) is 0 Å². The fourth-order valence-corrected chi connectivity index (χ4v) is 1.91. The van der Waals surface area contributed by atoms with Crippen LogP contribution in [0.4, 0.5) is 0 Å². The van der Waals surface area contributed by atoms with E-state index in [-0.39, 0.29) is 12.6 Å². The number of nitrogens with zero attached hydrogens (tertiary/aromatic N) is 3. The minimum absolute atomic E-state index is 0.216. The number of aliphatic hydroxyl groups is 1. The smallest absolute Gasteiger partial charge is 0.240 e. The van der Waals surface area contributed by atoms with Crippen molar-refractivity contribution < 1.29 is 9.63 Å². The minimum atomic E-state index is 0.216. The van der Waals surface area contributed by atoms with Gasteiger partial charge in [0.15, 0.2) is 6.33 Å². The highest BCUT2D eigenvalue weighted by atomic mass is 16.5. The van der Waals surface area contributed by atoms with Gasteiger partial charge in [-0.2, -0.15) is 4.98 Å². The van der Waals surface area contributed by atoms with Crippen molar-refractivity contribution in [1.82, 2.24) is 15.0 Å². The molecule has 78 valence electrons. The first-order valence-electron chi connectivity index (χ1n) is 5.00. The van der Waals surface area contributed by atoms with Crippen molar-refractivity contribution in [3.63, 3.8) is 0 Å². The lowest BCUT2D eigenvalue weighted by atomic mass is 10.0. The van der Waals surface area contributed by atoms with Gasteiger partial charge in [0, 0.05) is 6.04 Å². The number of aromatic nitrogens is 2. The van der Waals surface area contributed by atoms with Gasteiger partial charge in [-0.05, 0) is 19.4 Å². The Hall–Kier alpha value is -0.940. The first-order chi connectivity index (χ1) is 6.90. The maximum Gasteiger partial charge on any atom is 0.240 e. The Bertz CT molecular complexity index is 263. The van der Waals surface area contributed by atoms with Gasteiger partial charge >= 0.3 is 0 Å². The van der Waals surface area contributed by atoms with Crippen molar-refractivity contribution in [3.05, 3.63) is 12.2 Å². The molecule has 0 radical (unpaired) electrons. The van der Waals surface area contributed by atoms with Gasteiger partial charge in [0.05, 0.1) is 13.2 Å². The molecule has 2 rings (SSSR count). The van der Waals surface area contributed by atoms with E-state index < -0.39 is 0 Å². The van der Waals surface area contributed by atoms with Crippen molar-refractivity contribution in [2.24, 2.45) is 0 Å². The molecule has 1 N–H and O–H groups in total. The van der Waals surface area contributed by atoms with Crippen LogP contribution >= 0.6 is 0 Å². The molecule has 1 aromatic rings. The van der Waals surface area contributed by atoms with Crippen LogP contribution in [0.3, 0.4) is 0 Å². The fraction of sp³-hybridized carbons (Fsp3) is 0.778. The molecular weight excluding hydrogens is 182 g/mol. The van der Waals surface area contributed by atoms with Crippen LogP contribution in [0.25, 0.3) is 0 Å². The Morgan fingerprint density at radius 2 is 2.50 bits per heavy atom. The van der Waals surface area contributed by atoms with Gasteiger partial charge in [0.2, 0.25) is 5.89 Å². The molecule has 0 aliphatic carbocycles. The summed E-state index contributed by atoms with van der Waals surface area (Å²) in [4.78, 5) is 6.18. The van der Waals surface area contributed by atoms with Crippen LogP contribution in [-0.4, -0.2) is 39.3 Å². The molecule has 0 aromatic carbocycles. The zero-order valence-electron chi connectivity index (χ0n) is 8.09. The van der Waals surface area contributed by atoms with Gasteiger partial charge in [0.1, 0.15) is 0 Å². The highest BCUT2D eigenvalue weighted by Crippen LogP contribution is 2.18. The maximum absolute atomic E-state index is 9.18. The largest absolute Gasteiger partial charge is 0.395 e. The van der Waals surface area contributed by atoms with Crippen molar-refractivity contribution in [2.75, 3.05) is 13.2 Å². The second-order valence-corrected chi connectivity index (χ2v) is 3.64. The summed E-state index contributed by atoms with van der Waals surface area (Å²) in [5.41, 5.74) is 0. The summed E-state index contributed by atoms with van der Waals surface area (Å²) in [5, 5.41) is 12.7. The van der Waals surface area contributed by atoms with Crippen LogP contribution in [-0.2, 0) is 6.54 Å². The molecule has 0 saturated carbocycles. The summed E-state index contributed by atoms with van der Waals surface area (Å²) in [6.45, 7) is 1.88. The lowest BCUT2D eigenvalue weighted by Crippen LogP contribution is -2.41. The van der Waals surface area contributed by atoms with Gasteiger partial charge < -0.3 is 9.63 Å². The molecule has 1 unspecified atom stereocenters. The fourth-order valence-electron chi connectivity index (χ4n) is 1.91. The van der Waals surface area contributed by atoms with Crippen LogP contribution < -0.4 is 0 Å². The third-order valence-corrected chi connectivity index (χ3v) is 2.71. The topological polar surface area (TPSA) is 62.4 Å². The quantitative estimate of drug-likeness (QED) is 0.760. The second-order valence-electron chi connectivity index (χ2n) is 3.64. The number of likely N-dealkylation sites (tertiary alicyclic amines) is 1. The Balaban J connectivity index is 1.94. The SMILES string of the molecule is OCC1CCCCN1Cc1ncno1. The Morgan fingerprint density at radius 3 is 3.21 bits per heavy atom. The van der Waals surface area contributed by atoms with Crippen LogP contribution in [0.15, 0.2) is 10.9 Å². The molecule has 1 fully saturated rings. The maximum atomic E-state index is 9.18. The third kappa shape index (κ3) is 2.10. The van der Waals surface area contributed by atoms with E-state index in [0.29, 0.717) is 12.4 Å². The first kappa shape index (κ1) is 9.61. The summed E-state index contributed by atoms with van der Waals surface area (Å²) >= 11 is 0. The molecule has 0 amide bonds. The van der Waals surface area contributed by atoms with Crippen molar-refractivity contribution in [1.29, 1.82) is 0 Å². The molecule has 14 heavy (non-hydrogen) atoms. The monoisotopic (exact) mass is 197 g/mol. The van der Waals surface area contributed by atoms with Crippen molar-refractivity contribution >= 4 is 0 Å². The molecule has 0 bridgehead atoms. The molecule has 1 aliphatic heterocycles. The molecule has 1 atom stereocenters. The van der Waals surface area contributed by atoms with Crippen LogP contribution in [0.2, 0.25) is 0 Å². The number of piperidine rings is 1. The highest BCUT2D eigenvalue weighted by Gasteiger charge is 2.22. The van der Waals surface area contributed by atoms with E-state index in [1.165, 1.54) is 19.2 Å². The van der Waals surface area contributed by atoms with E-state index in [2.05, 4.69) is 15.0 Å². The van der Waals surface area contributed by atoms with Gasteiger partial charge in [0.25, 0.3) is 0 Å². The third-order valence-electron chi connectivity index (χ3n) is 2.71. The zero-order chi connectivity index (χ0) is 9.80. The van der Waals surface area contributed by atoms with Gasteiger partial charge in [-0.15, -0.1) is 0 Å². The van der Waals surface area contributed by atoms with Crippen LogP contribution in [0.5, 0.6) is 0 Å². The predicted octanol–water partition coefficient (Wildman–Crippen LogP) is 0.416.